The molecule has 0 saturated heterocycles. The number of alkyl halides is 2. The third-order valence-electron chi connectivity index (χ3n) is 2.06. The van der Waals surface area contributed by atoms with Crippen LogP contribution in [0, 0.1) is 5.82 Å². The third-order valence-corrected chi connectivity index (χ3v) is 2.06. The van der Waals surface area contributed by atoms with Crippen molar-refractivity contribution < 1.29 is 18.3 Å². The summed E-state index contributed by atoms with van der Waals surface area (Å²) in [6.07, 6.45) is -3.52. The molecule has 17 heavy (non-hydrogen) atoms. The Morgan fingerprint density at radius 2 is 2.18 bits per heavy atom. The molecule has 2 N–H and O–H groups in total. The van der Waals surface area contributed by atoms with Crippen molar-refractivity contribution in [1.82, 2.24) is 14.6 Å². The number of hydrogen-bond acceptors (Lipinski definition) is 4. The van der Waals surface area contributed by atoms with Crippen molar-refractivity contribution >= 4 is 11.6 Å². The fourth-order valence-electron chi connectivity index (χ4n) is 1.22. The summed E-state index contributed by atoms with van der Waals surface area (Å²) in [5.41, 5.74) is 0.375. The van der Waals surface area contributed by atoms with E-state index in [-0.39, 0.29) is 12.5 Å². The predicted octanol–water partition coefficient (Wildman–Crippen LogP) is 0.906. The smallest absolute Gasteiger partial charge is 0.265 e. The van der Waals surface area contributed by atoms with Gasteiger partial charge in [-0.15, -0.1) is 5.10 Å². The molecule has 92 valence electrons. The monoisotopic (exact) mass is 246 g/mol. The van der Waals surface area contributed by atoms with Gasteiger partial charge in [0.2, 0.25) is 5.95 Å². The molecule has 0 aliphatic heterocycles. The van der Waals surface area contributed by atoms with Crippen molar-refractivity contribution in [2.75, 3.05) is 11.9 Å². The lowest BCUT2D eigenvalue weighted by atomic mass is 10.4. The number of pyridine rings is 1. The molecule has 5 nitrogen and oxygen atoms in total. The fraction of sp³-hybridized carbons (Fsp3) is 0.333. The molecule has 0 bridgehead atoms. The van der Waals surface area contributed by atoms with Gasteiger partial charge in [0.1, 0.15) is 11.9 Å². The van der Waals surface area contributed by atoms with Crippen molar-refractivity contribution in [3.05, 3.63) is 24.1 Å². The highest BCUT2D eigenvalue weighted by Gasteiger charge is 2.17. The quantitative estimate of drug-likeness (QED) is 0.841. The molecule has 0 spiro atoms. The number of anilines is 1. The minimum atomic E-state index is -2.84. The van der Waals surface area contributed by atoms with Crippen LogP contribution in [-0.2, 0) is 0 Å². The average molecular weight is 246 g/mol. The van der Waals surface area contributed by atoms with Crippen LogP contribution in [0.3, 0.4) is 0 Å². The number of aliphatic hydroxyl groups excluding tert-OH is 1. The molecular weight excluding hydrogens is 237 g/mol. The van der Waals surface area contributed by atoms with E-state index in [0.29, 0.717) is 5.65 Å². The minimum absolute atomic E-state index is 0.0512. The van der Waals surface area contributed by atoms with E-state index in [0.717, 1.165) is 6.20 Å². The highest BCUT2D eigenvalue weighted by molar-refractivity contribution is 5.43. The molecule has 2 rings (SSSR count). The lowest BCUT2D eigenvalue weighted by Gasteiger charge is -2.08. The zero-order valence-corrected chi connectivity index (χ0v) is 8.52. The Balaban J connectivity index is 2.09. The maximum Gasteiger partial charge on any atom is 0.265 e. The van der Waals surface area contributed by atoms with Gasteiger partial charge in [-0.05, 0) is 12.1 Å². The zero-order chi connectivity index (χ0) is 12.4. The predicted molar refractivity (Wildman–Crippen MR) is 53.4 cm³/mol. The van der Waals surface area contributed by atoms with E-state index >= 15 is 0 Å². The first-order chi connectivity index (χ1) is 8.06. The molecule has 8 heteroatoms. The van der Waals surface area contributed by atoms with E-state index in [1.165, 1.54) is 16.6 Å². The van der Waals surface area contributed by atoms with Gasteiger partial charge in [-0.25, -0.2) is 17.7 Å². The number of aromatic nitrogens is 3. The molecule has 0 amide bonds. The zero-order valence-electron chi connectivity index (χ0n) is 8.52. The molecule has 2 heterocycles. The Kier molecular flexibility index (Phi) is 3.14. The highest BCUT2D eigenvalue weighted by Crippen LogP contribution is 2.07. The summed E-state index contributed by atoms with van der Waals surface area (Å²) in [6, 6.07) is 2.61. The number of nitrogens with zero attached hydrogens (tertiary/aromatic N) is 3. The Morgan fingerprint density at radius 1 is 1.41 bits per heavy atom. The van der Waals surface area contributed by atoms with Gasteiger partial charge in [-0.3, -0.25) is 0 Å². The summed E-state index contributed by atoms with van der Waals surface area (Å²) < 4.78 is 38.0. The molecule has 1 atom stereocenters. The Bertz CT molecular complexity index is 516. The van der Waals surface area contributed by atoms with Crippen LogP contribution in [0.1, 0.15) is 0 Å². The number of aliphatic hydroxyl groups is 1. The van der Waals surface area contributed by atoms with Gasteiger partial charge in [-0.2, -0.15) is 4.98 Å². The molecule has 0 aromatic carbocycles. The number of nitrogens with one attached hydrogen (secondary N) is 1. The highest BCUT2D eigenvalue weighted by atomic mass is 19.3. The summed E-state index contributed by atoms with van der Waals surface area (Å²) in [5, 5.41) is 15.1. The van der Waals surface area contributed by atoms with Crippen LogP contribution in [0.2, 0.25) is 0 Å². The van der Waals surface area contributed by atoms with Crippen LogP contribution < -0.4 is 5.32 Å². The summed E-state index contributed by atoms with van der Waals surface area (Å²) >= 11 is 0. The van der Waals surface area contributed by atoms with Crippen LogP contribution in [0.15, 0.2) is 18.3 Å². The van der Waals surface area contributed by atoms with Crippen LogP contribution >= 0.6 is 0 Å². The van der Waals surface area contributed by atoms with E-state index in [1.54, 1.807) is 0 Å². The van der Waals surface area contributed by atoms with Gasteiger partial charge in [0, 0.05) is 6.54 Å². The first-order valence-corrected chi connectivity index (χ1v) is 4.78. The summed E-state index contributed by atoms with van der Waals surface area (Å²) in [4.78, 5) is 3.90. The maximum absolute atomic E-state index is 12.8. The van der Waals surface area contributed by atoms with Crippen molar-refractivity contribution in [2.45, 2.75) is 12.5 Å². The largest absolute Gasteiger partial charge is 0.385 e. The first kappa shape index (κ1) is 11.6. The molecule has 2 aromatic heterocycles. The van der Waals surface area contributed by atoms with E-state index in [9.17, 15) is 13.2 Å². The Labute approximate surface area is 93.9 Å². The number of halogens is 3. The molecular formula is C9H9F3N4O. The SMILES string of the molecule is OC(CNc1nc2ccc(F)cn2n1)C(F)F. The molecule has 0 fully saturated rings. The Hall–Kier alpha value is -1.83. The van der Waals surface area contributed by atoms with E-state index in [4.69, 9.17) is 5.11 Å². The molecule has 0 aliphatic carbocycles. The third kappa shape index (κ3) is 2.64. The minimum Gasteiger partial charge on any atom is -0.385 e. The van der Waals surface area contributed by atoms with Gasteiger partial charge in [0.15, 0.2) is 5.65 Å². The second-order valence-electron chi connectivity index (χ2n) is 3.37. The summed E-state index contributed by atoms with van der Waals surface area (Å²) in [6.45, 7) is -0.378. The maximum atomic E-state index is 12.8. The Morgan fingerprint density at radius 3 is 2.88 bits per heavy atom. The van der Waals surface area contributed by atoms with Gasteiger partial charge in [0.05, 0.1) is 6.20 Å². The topological polar surface area (TPSA) is 62.5 Å². The van der Waals surface area contributed by atoms with Gasteiger partial charge >= 0.3 is 0 Å². The fourth-order valence-corrected chi connectivity index (χ4v) is 1.22. The van der Waals surface area contributed by atoms with Crippen LogP contribution in [0.4, 0.5) is 19.1 Å². The first-order valence-electron chi connectivity index (χ1n) is 4.78. The van der Waals surface area contributed by atoms with Gasteiger partial charge < -0.3 is 10.4 Å². The van der Waals surface area contributed by atoms with E-state index in [2.05, 4.69) is 15.4 Å². The van der Waals surface area contributed by atoms with Crippen LogP contribution in [0.5, 0.6) is 0 Å². The van der Waals surface area contributed by atoms with Crippen LogP contribution in [0.25, 0.3) is 5.65 Å². The summed E-state index contributed by atoms with van der Waals surface area (Å²) in [5.74, 6) is -0.433. The van der Waals surface area contributed by atoms with Gasteiger partial charge in [0.25, 0.3) is 6.43 Å². The lowest BCUT2D eigenvalue weighted by Crippen LogP contribution is -2.27. The second kappa shape index (κ2) is 4.58. The van der Waals surface area contributed by atoms with Crippen molar-refractivity contribution in [3.8, 4) is 0 Å². The molecule has 0 aliphatic rings. The number of fused-ring (bicyclic) bond motifs is 1. The molecule has 0 radical (unpaired) electrons. The molecule has 1 unspecified atom stereocenters. The normalized spacial score (nSPS) is 13.2. The van der Waals surface area contributed by atoms with Crippen LogP contribution in [-0.4, -0.2) is 38.8 Å². The van der Waals surface area contributed by atoms with Gasteiger partial charge in [-0.1, -0.05) is 0 Å². The van der Waals surface area contributed by atoms with E-state index < -0.39 is 18.3 Å². The lowest BCUT2D eigenvalue weighted by molar-refractivity contribution is 0.00377. The molecule has 2 aromatic rings. The standard InChI is InChI=1S/C9H9F3N4O/c10-5-1-2-7-14-9(15-16(7)4-5)13-3-6(17)8(11)12/h1-2,4,6,8,17H,3H2,(H,13,15). The van der Waals surface area contributed by atoms with E-state index in [1.807, 2.05) is 0 Å². The number of hydrogen-bond donors (Lipinski definition) is 2. The number of rotatable bonds is 4. The average Bonchev–Trinajstić information content (AvgIpc) is 2.67. The van der Waals surface area contributed by atoms with Crippen molar-refractivity contribution in [1.29, 1.82) is 0 Å². The van der Waals surface area contributed by atoms with Crippen molar-refractivity contribution in [2.24, 2.45) is 0 Å². The second-order valence-corrected chi connectivity index (χ2v) is 3.37. The summed E-state index contributed by atoms with van der Waals surface area (Å²) in [7, 11) is 0. The molecule has 0 saturated carbocycles. The van der Waals surface area contributed by atoms with Crippen molar-refractivity contribution in [3.63, 3.8) is 0 Å².